The molecule has 0 unspecified atom stereocenters. The van der Waals surface area contributed by atoms with Crippen molar-refractivity contribution in [1.82, 2.24) is 14.7 Å². The highest BCUT2D eigenvalue weighted by atomic mass is 16.2. The van der Waals surface area contributed by atoms with Crippen molar-refractivity contribution in [3.8, 4) is 0 Å². The van der Waals surface area contributed by atoms with Gasteiger partial charge in [-0.1, -0.05) is 87.5 Å². The van der Waals surface area contributed by atoms with Gasteiger partial charge in [-0.05, 0) is 36.2 Å². The molecule has 4 rings (SSSR count). The number of carbonyl (C=O) groups excluding carboxylic acids is 1. The van der Waals surface area contributed by atoms with Gasteiger partial charge in [-0.15, -0.1) is 0 Å². The molecule has 1 fully saturated rings. The van der Waals surface area contributed by atoms with Crippen LogP contribution >= 0.6 is 0 Å². The number of benzene rings is 2. The lowest BCUT2D eigenvalue weighted by Gasteiger charge is -2.40. The first-order valence-electron chi connectivity index (χ1n) is 11.4. The first-order chi connectivity index (χ1) is 15.2. The second kappa shape index (κ2) is 8.68. The predicted octanol–water partition coefficient (Wildman–Crippen LogP) is 5.59. The maximum atomic E-state index is 12.3. The Morgan fingerprint density at radius 3 is 1.69 bits per heavy atom. The predicted molar refractivity (Wildman–Crippen MR) is 130 cm³/mol. The van der Waals surface area contributed by atoms with Crippen molar-refractivity contribution in [2.45, 2.75) is 45.9 Å². The second-order valence-corrected chi connectivity index (χ2v) is 10.2. The van der Waals surface area contributed by atoms with Gasteiger partial charge >= 0.3 is 0 Å². The average molecular weight is 430 g/mol. The molecule has 0 bridgehead atoms. The van der Waals surface area contributed by atoms with Gasteiger partial charge in [0, 0.05) is 25.2 Å². The third kappa shape index (κ3) is 4.05. The highest BCUT2D eigenvalue weighted by Crippen LogP contribution is 2.50. The van der Waals surface area contributed by atoms with E-state index in [2.05, 4.69) is 118 Å². The molecule has 0 spiro atoms. The fraction of sp³-hybridized carbons (Fsp3) is 0.393. The number of hydrogen-bond acceptors (Lipinski definition) is 3. The van der Waals surface area contributed by atoms with E-state index >= 15 is 0 Å². The molecular weight excluding hydrogens is 394 g/mol. The number of hydrogen-bond donors (Lipinski definition) is 0. The van der Waals surface area contributed by atoms with E-state index in [0.717, 1.165) is 0 Å². The average Bonchev–Trinajstić information content (AvgIpc) is 3.03. The van der Waals surface area contributed by atoms with Crippen LogP contribution in [0.15, 0.2) is 84.7 Å². The molecule has 2 aliphatic heterocycles. The lowest BCUT2D eigenvalue weighted by Crippen LogP contribution is -2.43. The van der Waals surface area contributed by atoms with Crippen molar-refractivity contribution in [2.24, 2.45) is 11.3 Å². The third-order valence-corrected chi connectivity index (χ3v) is 6.91. The molecule has 168 valence electrons. The largest absolute Gasteiger partial charge is 0.295 e. The minimum Gasteiger partial charge on any atom is -0.295 e. The maximum Gasteiger partial charge on any atom is 0.227 e. The summed E-state index contributed by atoms with van der Waals surface area (Å²) in [4.78, 5) is 18.9. The molecule has 0 saturated carbocycles. The fourth-order valence-corrected chi connectivity index (χ4v) is 5.43. The lowest BCUT2D eigenvalue weighted by atomic mass is 9.74. The quantitative estimate of drug-likeness (QED) is 0.636. The number of rotatable bonds is 3. The smallest absolute Gasteiger partial charge is 0.227 e. The zero-order valence-electron chi connectivity index (χ0n) is 20.1. The van der Waals surface area contributed by atoms with Crippen LogP contribution in [0, 0.1) is 11.3 Å². The third-order valence-electron chi connectivity index (χ3n) is 6.91. The van der Waals surface area contributed by atoms with E-state index in [-0.39, 0.29) is 35.5 Å². The molecule has 0 radical (unpaired) electrons. The first kappa shape index (κ1) is 22.5. The van der Waals surface area contributed by atoms with E-state index < -0.39 is 0 Å². The minimum absolute atomic E-state index is 0.0358. The van der Waals surface area contributed by atoms with Gasteiger partial charge < -0.3 is 0 Å². The van der Waals surface area contributed by atoms with Crippen LogP contribution in [0.25, 0.3) is 0 Å². The number of carbonyl (C=O) groups is 1. The number of amides is 1. The van der Waals surface area contributed by atoms with Crippen LogP contribution in [0.3, 0.4) is 0 Å². The summed E-state index contributed by atoms with van der Waals surface area (Å²) in [5, 5.41) is 0. The van der Waals surface area contributed by atoms with Gasteiger partial charge in [-0.2, -0.15) is 0 Å². The molecule has 32 heavy (non-hydrogen) atoms. The van der Waals surface area contributed by atoms with E-state index in [1.807, 2.05) is 6.20 Å². The number of nitrogens with zero attached hydrogens (tertiary/aromatic N) is 3. The second-order valence-electron chi connectivity index (χ2n) is 10.2. The summed E-state index contributed by atoms with van der Waals surface area (Å²) in [6.07, 6.45) is 6.28. The Balaban J connectivity index is 1.84. The summed E-state index contributed by atoms with van der Waals surface area (Å²) in [6.45, 7) is 8.45. The zero-order chi connectivity index (χ0) is 23.0. The molecule has 2 aliphatic rings. The summed E-state index contributed by atoms with van der Waals surface area (Å²) < 4.78 is 0. The van der Waals surface area contributed by atoms with E-state index in [1.165, 1.54) is 16.7 Å². The van der Waals surface area contributed by atoms with Crippen LogP contribution in [0.1, 0.15) is 50.9 Å². The van der Waals surface area contributed by atoms with Crippen LogP contribution in [0.5, 0.6) is 0 Å². The van der Waals surface area contributed by atoms with Gasteiger partial charge in [-0.25, -0.2) is 0 Å². The summed E-state index contributed by atoms with van der Waals surface area (Å²) in [5.74, 6) is 0.271. The molecule has 4 nitrogen and oxygen atoms in total. The first-order valence-corrected chi connectivity index (χ1v) is 11.4. The fourth-order valence-electron chi connectivity index (χ4n) is 5.43. The number of allylic oxidation sites excluding steroid dienone is 1. The van der Waals surface area contributed by atoms with Crippen LogP contribution in [0.2, 0.25) is 0 Å². The highest BCUT2D eigenvalue weighted by molar-refractivity contribution is 5.76. The maximum absolute atomic E-state index is 12.3. The molecule has 3 atom stereocenters. The Hall–Kier alpha value is -2.69. The van der Waals surface area contributed by atoms with Crippen LogP contribution in [-0.4, -0.2) is 40.9 Å². The zero-order valence-corrected chi connectivity index (χ0v) is 20.1. The molecule has 1 amide bonds. The normalized spacial score (nSPS) is 25.2. The Kier molecular flexibility index (Phi) is 6.11. The highest BCUT2D eigenvalue weighted by Gasteiger charge is 2.48. The molecule has 0 aliphatic carbocycles. The van der Waals surface area contributed by atoms with Crippen molar-refractivity contribution in [1.29, 1.82) is 0 Å². The van der Waals surface area contributed by atoms with Crippen LogP contribution in [-0.2, 0) is 4.79 Å². The number of likely N-dealkylation sites (N-methyl/N-ethyl adjacent to an activating group) is 2. The SMILES string of the molecule is CC(=O)N1C=C[C@@H](C(C)(C)C)C(C2N(C)[C@@H](c3ccccc3)[C@H](c3ccccc3)N2C)=C1. The summed E-state index contributed by atoms with van der Waals surface area (Å²) in [7, 11) is 4.44. The Bertz CT molecular complexity index is 954. The lowest BCUT2D eigenvalue weighted by molar-refractivity contribution is -0.124. The summed E-state index contributed by atoms with van der Waals surface area (Å²) >= 11 is 0. The monoisotopic (exact) mass is 429 g/mol. The van der Waals surface area contributed by atoms with Gasteiger partial charge in [-0.3, -0.25) is 19.5 Å². The Labute approximate surface area is 192 Å². The molecule has 1 saturated heterocycles. The summed E-state index contributed by atoms with van der Waals surface area (Å²) in [5.41, 5.74) is 3.92. The van der Waals surface area contributed by atoms with Crippen LogP contribution < -0.4 is 0 Å². The van der Waals surface area contributed by atoms with E-state index in [4.69, 9.17) is 0 Å². The molecule has 2 heterocycles. The van der Waals surface area contributed by atoms with E-state index in [0.29, 0.717) is 0 Å². The molecule has 0 aromatic heterocycles. The van der Waals surface area contributed by atoms with Crippen molar-refractivity contribution < 1.29 is 4.79 Å². The van der Waals surface area contributed by atoms with Gasteiger partial charge in [0.05, 0.1) is 18.2 Å². The van der Waals surface area contributed by atoms with Crippen molar-refractivity contribution in [2.75, 3.05) is 14.1 Å². The molecular formula is C28H35N3O. The molecule has 0 N–H and O–H groups in total. The van der Waals surface area contributed by atoms with Gasteiger partial charge in [0.15, 0.2) is 0 Å². The minimum atomic E-state index is 0.0358. The van der Waals surface area contributed by atoms with Crippen LogP contribution in [0.4, 0.5) is 0 Å². The Morgan fingerprint density at radius 2 is 1.28 bits per heavy atom. The standard InChI is InChI=1S/C28H35N3O/c1-20(32)31-18-17-24(28(2,3)4)23(19-31)27-29(5)25(21-13-9-7-10-14-21)26(30(27)6)22-15-11-8-12-16-22/h7-19,24-27H,1-6H3/t24-,25+,26+/m1/s1. The van der Waals surface area contributed by atoms with Gasteiger partial charge in [0.2, 0.25) is 5.91 Å². The van der Waals surface area contributed by atoms with Crippen molar-refractivity contribution >= 4 is 5.91 Å². The van der Waals surface area contributed by atoms with E-state index in [9.17, 15) is 4.79 Å². The van der Waals surface area contributed by atoms with Crippen molar-refractivity contribution in [3.05, 3.63) is 95.8 Å². The van der Waals surface area contributed by atoms with E-state index in [1.54, 1.807) is 11.8 Å². The molecule has 2 aromatic carbocycles. The Morgan fingerprint density at radius 1 is 0.812 bits per heavy atom. The topological polar surface area (TPSA) is 26.8 Å². The van der Waals surface area contributed by atoms with Crippen molar-refractivity contribution in [3.63, 3.8) is 0 Å². The molecule has 2 aromatic rings. The summed E-state index contributed by atoms with van der Waals surface area (Å²) in [6, 6.07) is 21.9. The van der Waals surface area contributed by atoms with Gasteiger partial charge in [0.25, 0.3) is 0 Å². The molecule has 4 heteroatoms. The van der Waals surface area contributed by atoms with Gasteiger partial charge in [0.1, 0.15) is 0 Å².